The number of carbonyl (C=O) groups is 1. The number of fused-ring (bicyclic) bond motifs is 1. The van der Waals surface area contributed by atoms with Crippen LogP contribution in [0.2, 0.25) is 10.0 Å². The van der Waals surface area contributed by atoms with Crippen molar-refractivity contribution >= 4 is 45.6 Å². The molecule has 1 fully saturated rings. The van der Waals surface area contributed by atoms with Crippen LogP contribution >= 0.6 is 23.2 Å². The van der Waals surface area contributed by atoms with Crippen molar-refractivity contribution in [1.82, 2.24) is 4.90 Å². The number of anilines is 1. The molecule has 1 saturated heterocycles. The van der Waals surface area contributed by atoms with E-state index in [-0.39, 0.29) is 11.8 Å². The Kier molecular flexibility index (Phi) is 5.86. The minimum atomic E-state index is -0.0403. The Labute approximate surface area is 175 Å². The van der Waals surface area contributed by atoms with Gasteiger partial charge in [-0.05, 0) is 54.4 Å². The predicted molar refractivity (Wildman–Crippen MR) is 117 cm³/mol. The molecule has 3 aromatic rings. The van der Waals surface area contributed by atoms with Crippen molar-refractivity contribution in [2.24, 2.45) is 5.92 Å². The van der Waals surface area contributed by atoms with E-state index >= 15 is 0 Å². The fraction of sp³-hybridized carbons (Fsp3) is 0.261. The summed E-state index contributed by atoms with van der Waals surface area (Å²) in [5.74, 6) is 0.0340. The minimum Gasteiger partial charge on any atom is -0.326 e. The molecule has 1 unspecified atom stereocenters. The van der Waals surface area contributed by atoms with E-state index in [1.54, 1.807) is 0 Å². The van der Waals surface area contributed by atoms with Gasteiger partial charge >= 0.3 is 0 Å². The highest BCUT2D eigenvalue weighted by Gasteiger charge is 2.26. The number of hydrogen-bond acceptors (Lipinski definition) is 2. The predicted octanol–water partition coefficient (Wildman–Crippen LogP) is 6.00. The molecule has 0 spiro atoms. The summed E-state index contributed by atoms with van der Waals surface area (Å²) in [7, 11) is 0. The van der Waals surface area contributed by atoms with Gasteiger partial charge in [-0.15, -0.1) is 0 Å². The molecule has 4 rings (SSSR count). The third-order valence-electron chi connectivity index (χ3n) is 5.34. The van der Waals surface area contributed by atoms with Crippen LogP contribution in [-0.4, -0.2) is 23.9 Å². The zero-order valence-corrected chi connectivity index (χ0v) is 17.0. The molecule has 0 radical (unpaired) electrons. The summed E-state index contributed by atoms with van der Waals surface area (Å²) in [5, 5.41) is 6.74. The van der Waals surface area contributed by atoms with Crippen molar-refractivity contribution in [2.45, 2.75) is 19.4 Å². The van der Waals surface area contributed by atoms with Crippen LogP contribution in [-0.2, 0) is 11.3 Å². The lowest BCUT2D eigenvalue weighted by Crippen LogP contribution is -2.40. The maximum absolute atomic E-state index is 12.8. The molecule has 28 heavy (non-hydrogen) atoms. The number of piperidine rings is 1. The van der Waals surface area contributed by atoms with Gasteiger partial charge in [-0.3, -0.25) is 9.69 Å². The van der Waals surface area contributed by atoms with Crippen molar-refractivity contribution < 1.29 is 4.79 Å². The highest BCUT2D eigenvalue weighted by Crippen LogP contribution is 2.28. The van der Waals surface area contributed by atoms with Crippen molar-refractivity contribution in [3.8, 4) is 0 Å². The fourth-order valence-corrected chi connectivity index (χ4v) is 4.35. The SMILES string of the molecule is O=C(Nc1ccc2ccccc2c1)C1CCCN(Cc2c(Cl)cccc2Cl)C1. The average molecular weight is 413 g/mol. The first-order valence-corrected chi connectivity index (χ1v) is 10.3. The zero-order valence-electron chi connectivity index (χ0n) is 15.5. The van der Waals surface area contributed by atoms with Crippen molar-refractivity contribution in [1.29, 1.82) is 0 Å². The molecule has 3 nitrogen and oxygen atoms in total. The third-order valence-corrected chi connectivity index (χ3v) is 6.04. The highest BCUT2D eigenvalue weighted by molar-refractivity contribution is 6.35. The Bertz CT molecular complexity index is 985. The van der Waals surface area contributed by atoms with Gasteiger partial charge in [0.1, 0.15) is 0 Å². The van der Waals surface area contributed by atoms with Crippen LogP contribution in [0, 0.1) is 5.92 Å². The first-order chi connectivity index (χ1) is 13.6. The zero-order chi connectivity index (χ0) is 19.5. The van der Waals surface area contributed by atoms with Crippen molar-refractivity contribution in [3.05, 3.63) is 76.3 Å². The van der Waals surface area contributed by atoms with Crippen LogP contribution in [0.5, 0.6) is 0 Å². The van der Waals surface area contributed by atoms with Crippen molar-refractivity contribution in [3.63, 3.8) is 0 Å². The molecular formula is C23H22Cl2N2O. The third kappa shape index (κ3) is 4.33. The molecule has 1 heterocycles. The molecule has 1 aliphatic rings. The molecular weight excluding hydrogens is 391 g/mol. The van der Waals surface area contributed by atoms with Gasteiger partial charge in [0.25, 0.3) is 0 Å². The summed E-state index contributed by atoms with van der Waals surface area (Å²) in [4.78, 5) is 15.1. The van der Waals surface area contributed by atoms with Gasteiger partial charge in [-0.1, -0.05) is 59.6 Å². The molecule has 1 amide bonds. The Hall–Kier alpha value is -2.07. The van der Waals surface area contributed by atoms with Crippen LogP contribution < -0.4 is 5.32 Å². The lowest BCUT2D eigenvalue weighted by atomic mass is 9.96. The average Bonchev–Trinajstić information content (AvgIpc) is 2.71. The van der Waals surface area contributed by atoms with Gasteiger partial charge in [0.15, 0.2) is 0 Å². The first kappa shape index (κ1) is 19.3. The maximum Gasteiger partial charge on any atom is 0.228 e. The first-order valence-electron chi connectivity index (χ1n) is 9.55. The number of hydrogen-bond donors (Lipinski definition) is 1. The number of nitrogens with zero attached hydrogens (tertiary/aromatic N) is 1. The van der Waals surface area contributed by atoms with E-state index < -0.39 is 0 Å². The van der Waals surface area contributed by atoms with Gasteiger partial charge in [0.2, 0.25) is 5.91 Å². The molecule has 1 atom stereocenters. The second kappa shape index (κ2) is 8.52. The molecule has 1 N–H and O–H groups in total. The Morgan fingerprint density at radius 2 is 1.75 bits per heavy atom. The van der Waals surface area contributed by atoms with E-state index in [4.69, 9.17) is 23.2 Å². The number of nitrogens with one attached hydrogen (secondary N) is 1. The molecule has 0 aliphatic carbocycles. The Morgan fingerprint density at radius 3 is 2.54 bits per heavy atom. The molecule has 5 heteroatoms. The van der Waals surface area contributed by atoms with E-state index in [2.05, 4.69) is 22.3 Å². The second-order valence-corrected chi connectivity index (χ2v) is 8.14. The van der Waals surface area contributed by atoms with Crippen LogP contribution in [0.25, 0.3) is 10.8 Å². The number of amides is 1. The minimum absolute atomic E-state index is 0.0403. The highest BCUT2D eigenvalue weighted by atomic mass is 35.5. The van der Waals surface area contributed by atoms with Gasteiger partial charge in [-0.2, -0.15) is 0 Å². The van der Waals surface area contributed by atoms with Crippen molar-refractivity contribution in [2.75, 3.05) is 18.4 Å². The molecule has 3 aromatic carbocycles. The van der Waals surface area contributed by atoms with Gasteiger partial charge in [0, 0.05) is 34.4 Å². The van der Waals surface area contributed by atoms with E-state index in [0.717, 1.165) is 36.0 Å². The molecule has 144 valence electrons. The summed E-state index contributed by atoms with van der Waals surface area (Å²) >= 11 is 12.6. The number of carbonyl (C=O) groups excluding carboxylic acids is 1. The van der Waals surface area contributed by atoms with E-state index in [0.29, 0.717) is 23.1 Å². The standard InChI is InChI=1S/C23H22Cl2N2O/c24-21-8-3-9-22(25)20(21)15-27-12-4-7-18(14-27)23(28)26-19-11-10-16-5-1-2-6-17(16)13-19/h1-3,5-6,8-11,13,18H,4,7,12,14-15H2,(H,26,28). The van der Waals surface area contributed by atoms with Gasteiger partial charge in [0.05, 0.1) is 5.92 Å². The van der Waals surface area contributed by atoms with E-state index in [1.165, 1.54) is 5.39 Å². The molecule has 0 saturated carbocycles. The van der Waals surface area contributed by atoms with Crippen LogP contribution in [0.1, 0.15) is 18.4 Å². The summed E-state index contributed by atoms with van der Waals surface area (Å²) in [5.41, 5.74) is 1.77. The van der Waals surface area contributed by atoms with E-state index in [9.17, 15) is 4.79 Å². The maximum atomic E-state index is 12.8. The van der Waals surface area contributed by atoms with Crippen LogP contribution in [0.4, 0.5) is 5.69 Å². The molecule has 0 aromatic heterocycles. The van der Waals surface area contributed by atoms with Gasteiger partial charge in [-0.25, -0.2) is 0 Å². The quantitative estimate of drug-likeness (QED) is 0.569. The number of likely N-dealkylation sites (tertiary alicyclic amines) is 1. The Balaban J connectivity index is 1.42. The normalized spacial score (nSPS) is 17.6. The van der Waals surface area contributed by atoms with Crippen LogP contribution in [0.15, 0.2) is 60.7 Å². The van der Waals surface area contributed by atoms with Gasteiger partial charge < -0.3 is 5.32 Å². The Morgan fingerprint density at radius 1 is 1.00 bits per heavy atom. The van der Waals surface area contributed by atoms with E-state index in [1.807, 2.05) is 48.5 Å². The molecule has 0 bridgehead atoms. The second-order valence-electron chi connectivity index (χ2n) is 7.33. The summed E-state index contributed by atoms with van der Waals surface area (Å²) in [6.07, 6.45) is 1.88. The summed E-state index contributed by atoms with van der Waals surface area (Å²) < 4.78 is 0. The smallest absolute Gasteiger partial charge is 0.228 e. The lowest BCUT2D eigenvalue weighted by Gasteiger charge is -2.32. The number of benzene rings is 3. The summed E-state index contributed by atoms with van der Waals surface area (Å²) in [6.45, 7) is 2.32. The lowest BCUT2D eigenvalue weighted by molar-refractivity contribution is -0.121. The monoisotopic (exact) mass is 412 g/mol. The fourth-order valence-electron chi connectivity index (χ4n) is 3.83. The molecule has 1 aliphatic heterocycles. The number of halogens is 2. The largest absolute Gasteiger partial charge is 0.326 e. The number of rotatable bonds is 4. The summed E-state index contributed by atoms with van der Waals surface area (Å²) in [6, 6.07) is 19.7. The van der Waals surface area contributed by atoms with Crippen LogP contribution in [0.3, 0.4) is 0 Å². The topological polar surface area (TPSA) is 32.3 Å².